The third-order valence-electron chi connectivity index (χ3n) is 3.05. The molecular formula is C13H19FN2. The predicted octanol–water partition coefficient (Wildman–Crippen LogP) is 2.13. The SMILES string of the molecule is CN(Cc1cc(CN)ccc1F)CC1CC1. The second-order valence-electron chi connectivity index (χ2n) is 4.77. The van der Waals surface area contributed by atoms with E-state index in [-0.39, 0.29) is 5.82 Å². The van der Waals surface area contributed by atoms with Crippen LogP contribution in [0.25, 0.3) is 0 Å². The van der Waals surface area contributed by atoms with Gasteiger partial charge in [-0.05, 0) is 37.4 Å². The topological polar surface area (TPSA) is 29.3 Å². The van der Waals surface area contributed by atoms with Crippen molar-refractivity contribution in [3.8, 4) is 0 Å². The highest BCUT2D eigenvalue weighted by atomic mass is 19.1. The van der Waals surface area contributed by atoms with E-state index in [1.807, 2.05) is 13.1 Å². The average molecular weight is 222 g/mol. The molecule has 0 saturated heterocycles. The number of hydrogen-bond acceptors (Lipinski definition) is 2. The number of benzene rings is 1. The highest BCUT2D eigenvalue weighted by Gasteiger charge is 2.23. The zero-order chi connectivity index (χ0) is 11.5. The highest BCUT2D eigenvalue weighted by Crippen LogP contribution is 2.29. The van der Waals surface area contributed by atoms with Gasteiger partial charge < -0.3 is 10.6 Å². The normalized spacial score (nSPS) is 15.8. The van der Waals surface area contributed by atoms with Crippen LogP contribution in [0.4, 0.5) is 4.39 Å². The van der Waals surface area contributed by atoms with Gasteiger partial charge in [-0.1, -0.05) is 12.1 Å². The molecule has 2 nitrogen and oxygen atoms in total. The molecule has 0 aliphatic heterocycles. The summed E-state index contributed by atoms with van der Waals surface area (Å²) in [5.41, 5.74) is 7.31. The lowest BCUT2D eigenvalue weighted by Gasteiger charge is -2.17. The molecule has 1 fully saturated rings. The summed E-state index contributed by atoms with van der Waals surface area (Å²) < 4.78 is 13.6. The van der Waals surface area contributed by atoms with Gasteiger partial charge in [0.25, 0.3) is 0 Å². The zero-order valence-electron chi connectivity index (χ0n) is 9.75. The van der Waals surface area contributed by atoms with Gasteiger partial charge in [0.1, 0.15) is 5.82 Å². The number of hydrogen-bond donors (Lipinski definition) is 1. The van der Waals surface area contributed by atoms with Crippen molar-refractivity contribution in [3.63, 3.8) is 0 Å². The Balaban J connectivity index is 2.00. The summed E-state index contributed by atoms with van der Waals surface area (Å²) in [6.07, 6.45) is 2.66. The fraction of sp³-hybridized carbons (Fsp3) is 0.538. The highest BCUT2D eigenvalue weighted by molar-refractivity contribution is 5.25. The molecule has 0 unspecified atom stereocenters. The lowest BCUT2D eigenvalue weighted by atomic mass is 10.1. The van der Waals surface area contributed by atoms with Crippen molar-refractivity contribution in [1.29, 1.82) is 0 Å². The molecule has 1 aliphatic rings. The Morgan fingerprint density at radius 3 is 2.81 bits per heavy atom. The summed E-state index contributed by atoms with van der Waals surface area (Å²) in [6, 6.07) is 5.14. The Labute approximate surface area is 96.2 Å². The third-order valence-corrected chi connectivity index (χ3v) is 3.05. The zero-order valence-corrected chi connectivity index (χ0v) is 9.75. The van der Waals surface area contributed by atoms with Gasteiger partial charge in [0.2, 0.25) is 0 Å². The largest absolute Gasteiger partial charge is 0.326 e. The predicted molar refractivity (Wildman–Crippen MR) is 63.3 cm³/mol. The van der Waals surface area contributed by atoms with E-state index >= 15 is 0 Å². The van der Waals surface area contributed by atoms with E-state index in [4.69, 9.17) is 5.73 Å². The minimum absolute atomic E-state index is 0.125. The van der Waals surface area contributed by atoms with Crippen LogP contribution in [0.1, 0.15) is 24.0 Å². The van der Waals surface area contributed by atoms with Crippen LogP contribution in [0.3, 0.4) is 0 Å². The van der Waals surface area contributed by atoms with Crippen molar-refractivity contribution in [2.75, 3.05) is 13.6 Å². The van der Waals surface area contributed by atoms with Crippen LogP contribution in [0.15, 0.2) is 18.2 Å². The molecule has 3 heteroatoms. The third kappa shape index (κ3) is 3.03. The smallest absolute Gasteiger partial charge is 0.127 e. The summed E-state index contributed by atoms with van der Waals surface area (Å²) in [5.74, 6) is 0.714. The maximum absolute atomic E-state index is 13.6. The number of rotatable bonds is 5. The lowest BCUT2D eigenvalue weighted by molar-refractivity contribution is 0.308. The Kier molecular flexibility index (Phi) is 3.56. The van der Waals surface area contributed by atoms with Crippen LogP contribution in [0.5, 0.6) is 0 Å². The molecule has 2 rings (SSSR count). The van der Waals surface area contributed by atoms with Crippen LogP contribution in [-0.2, 0) is 13.1 Å². The maximum Gasteiger partial charge on any atom is 0.127 e. The number of nitrogens with zero attached hydrogens (tertiary/aromatic N) is 1. The van der Waals surface area contributed by atoms with Gasteiger partial charge in [-0.25, -0.2) is 4.39 Å². The number of nitrogens with two attached hydrogens (primary N) is 1. The summed E-state index contributed by atoms with van der Waals surface area (Å²) in [5, 5.41) is 0. The Morgan fingerprint density at radius 2 is 2.19 bits per heavy atom. The molecule has 0 spiro atoms. The summed E-state index contributed by atoms with van der Waals surface area (Å²) in [4.78, 5) is 2.19. The van der Waals surface area contributed by atoms with Crippen molar-refractivity contribution in [3.05, 3.63) is 35.1 Å². The van der Waals surface area contributed by atoms with Gasteiger partial charge in [-0.3, -0.25) is 0 Å². The molecule has 1 aromatic carbocycles. The van der Waals surface area contributed by atoms with Crippen molar-refractivity contribution in [2.24, 2.45) is 11.7 Å². The van der Waals surface area contributed by atoms with Gasteiger partial charge >= 0.3 is 0 Å². The van der Waals surface area contributed by atoms with Crippen molar-refractivity contribution >= 4 is 0 Å². The van der Waals surface area contributed by atoms with Gasteiger partial charge in [-0.2, -0.15) is 0 Å². The van der Waals surface area contributed by atoms with Gasteiger partial charge in [-0.15, -0.1) is 0 Å². The van der Waals surface area contributed by atoms with E-state index in [1.54, 1.807) is 6.07 Å². The fourth-order valence-electron chi connectivity index (χ4n) is 1.97. The van der Waals surface area contributed by atoms with Crippen molar-refractivity contribution < 1.29 is 4.39 Å². The standard InChI is InChI=1S/C13H19FN2/c1-16(8-10-2-3-10)9-12-6-11(7-15)4-5-13(12)14/h4-6,10H,2-3,7-9,15H2,1H3. The minimum Gasteiger partial charge on any atom is -0.326 e. The lowest BCUT2D eigenvalue weighted by Crippen LogP contribution is -2.21. The van der Waals surface area contributed by atoms with E-state index in [2.05, 4.69) is 4.90 Å². The maximum atomic E-state index is 13.6. The van der Waals surface area contributed by atoms with Crippen LogP contribution >= 0.6 is 0 Å². The van der Waals surface area contributed by atoms with E-state index in [0.717, 1.165) is 23.6 Å². The second-order valence-corrected chi connectivity index (χ2v) is 4.77. The second kappa shape index (κ2) is 4.93. The van der Waals surface area contributed by atoms with Crippen molar-refractivity contribution in [1.82, 2.24) is 4.90 Å². The van der Waals surface area contributed by atoms with Crippen LogP contribution in [0.2, 0.25) is 0 Å². The molecule has 0 amide bonds. The molecule has 1 aromatic rings. The van der Waals surface area contributed by atoms with Gasteiger partial charge in [0, 0.05) is 25.2 Å². The molecule has 1 saturated carbocycles. The molecular weight excluding hydrogens is 203 g/mol. The quantitative estimate of drug-likeness (QED) is 0.827. The van der Waals surface area contributed by atoms with Gasteiger partial charge in [0.15, 0.2) is 0 Å². The minimum atomic E-state index is -0.125. The molecule has 0 bridgehead atoms. The molecule has 1 aliphatic carbocycles. The average Bonchev–Trinajstić information content (AvgIpc) is 3.05. The Morgan fingerprint density at radius 1 is 1.44 bits per heavy atom. The Hall–Kier alpha value is -0.930. The Bertz CT molecular complexity index is 361. The van der Waals surface area contributed by atoms with Crippen LogP contribution in [-0.4, -0.2) is 18.5 Å². The molecule has 2 N–H and O–H groups in total. The van der Waals surface area contributed by atoms with Crippen LogP contribution < -0.4 is 5.73 Å². The van der Waals surface area contributed by atoms with E-state index in [9.17, 15) is 4.39 Å². The number of halogens is 1. The van der Waals surface area contributed by atoms with Crippen molar-refractivity contribution in [2.45, 2.75) is 25.9 Å². The van der Waals surface area contributed by atoms with E-state index in [0.29, 0.717) is 13.1 Å². The first-order valence-corrected chi connectivity index (χ1v) is 5.85. The molecule has 0 atom stereocenters. The fourth-order valence-corrected chi connectivity index (χ4v) is 1.97. The first kappa shape index (κ1) is 11.6. The van der Waals surface area contributed by atoms with Gasteiger partial charge in [0.05, 0.1) is 0 Å². The molecule has 88 valence electrons. The molecule has 16 heavy (non-hydrogen) atoms. The molecule has 0 heterocycles. The first-order chi connectivity index (χ1) is 7.69. The summed E-state index contributed by atoms with van der Waals surface area (Å²) in [6.45, 7) is 2.22. The molecule has 0 radical (unpaired) electrons. The van der Waals surface area contributed by atoms with E-state index in [1.165, 1.54) is 18.9 Å². The summed E-state index contributed by atoms with van der Waals surface area (Å²) >= 11 is 0. The summed E-state index contributed by atoms with van der Waals surface area (Å²) in [7, 11) is 2.05. The van der Waals surface area contributed by atoms with E-state index < -0.39 is 0 Å². The first-order valence-electron chi connectivity index (χ1n) is 5.85. The van der Waals surface area contributed by atoms with Crippen LogP contribution in [0, 0.1) is 11.7 Å². The molecule has 0 aromatic heterocycles. The monoisotopic (exact) mass is 222 g/mol.